The van der Waals surface area contributed by atoms with Crippen LogP contribution < -0.4 is 10.2 Å². The number of hydrogen-bond donors (Lipinski definition) is 1. The summed E-state index contributed by atoms with van der Waals surface area (Å²) in [7, 11) is 0. The van der Waals surface area contributed by atoms with Gasteiger partial charge in [-0.1, -0.05) is 30.3 Å². The van der Waals surface area contributed by atoms with Gasteiger partial charge in [-0.25, -0.2) is 9.66 Å². The minimum Gasteiger partial charge on any atom is -0.378 e. The summed E-state index contributed by atoms with van der Waals surface area (Å²) in [5.74, 6) is 1.25. The van der Waals surface area contributed by atoms with Crippen molar-refractivity contribution < 1.29 is 4.74 Å². The van der Waals surface area contributed by atoms with Crippen LogP contribution in [0.4, 0.5) is 17.5 Å². The van der Waals surface area contributed by atoms with Crippen molar-refractivity contribution in [3.63, 3.8) is 0 Å². The first kappa shape index (κ1) is 18.2. The maximum atomic E-state index is 5.47. The molecule has 9 nitrogen and oxygen atoms in total. The van der Waals surface area contributed by atoms with Crippen molar-refractivity contribution in [3.8, 4) is 0 Å². The van der Waals surface area contributed by atoms with Gasteiger partial charge >= 0.3 is 0 Å². The number of morpholine rings is 1. The highest BCUT2D eigenvalue weighted by Crippen LogP contribution is 2.25. The molecule has 0 spiro atoms. The molecule has 1 fully saturated rings. The predicted molar refractivity (Wildman–Crippen MR) is 115 cm³/mol. The van der Waals surface area contributed by atoms with E-state index in [2.05, 4.69) is 25.3 Å². The number of benzene rings is 1. The van der Waals surface area contributed by atoms with Gasteiger partial charge in [0.05, 0.1) is 19.4 Å². The quantitative estimate of drug-likeness (QED) is 0.515. The van der Waals surface area contributed by atoms with Crippen LogP contribution in [0.2, 0.25) is 0 Å². The number of hydrogen-bond acceptors (Lipinski definition) is 8. The smallest absolute Gasteiger partial charge is 0.229 e. The molecule has 0 amide bonds. The van der Waals surface area contributed by atoms with Crippen LogP contribution in [-0.4, -0.2) is 57.1 Å². The molecule has 5 rings (SSSR count). The van der Waals surface area contributed by atoms with Crippen molar-refractivity contribution in [2.24, 2.45) is 5.10 Å². The molecule has 0 saturated carbocycles. The number of imidazole rings is 1. The zero-order valence-electron chi connectivity index (χ0n) is 16.2. The number of nitrogens with zero attached hydrogens (tertiary/aromatic N) is 7. The molecule has 0 radical (unpaired) electrons. The van der Waals surface area contributed by atoms with Crippen molar-refractivity contribution in [2.45, 2.75) is 0 Å². The summed E-state index contributed by atoms with van der Waals surface area (Å²) in [5, 5.41) is 7.89. The Kier molecular flexibility index (Phi) is 5.01. The van der Waals surface area contributed by atoms with E-state index >= 15 is 0 Å². The largest absolute Gasteiger partial charge is 0.378 e. The third-order valence-corrected chi connectivity index (χ3v) is 4.73. The summed E-state index contributed by atoms with van der Waals surface area (Å²) in [6.45, 7) is 2.78. The zero-order valence-corrected chi connectivity index (χ0v) is 16.2. The number of nitrogens with one attached hydrogen (secondary N) is 1. The monoisotopic (exact) mass is 400 g/mol. The lowest BCUT2D eigenvalue weighted by atomic mass is 10.2. The van der Waals surface area contributed by atoms with Gasteiger partial charge in [0, 0.05) is 31.2 Å². The SMILES string of the molecule is C(=Nn1cnc2c(Nc3ccncc3)nc(N3CCOCC3)nc21)c1ccccc1. The highest BCUT2D eigenvalue weighted by Gasteiger charge is 2.19. The Morgan fingerprint density at radius 3 is 2.60 bits per heavy atom. The second-order valence-corrected chi connectivity index (χ2v) is 6.75. The molecule has 150 valence electrons. The molecule has 1 aliphatic rings. The Morgan fingerprint density at radius 2 is 1.80 bits per heavy atom. The number of rotatable bonds is 5. The molecule has 0 bridgehead atoms. The van der Waals surface area contributed by atoms with Gasteiger partial charge in [-0.2, -0.15) is 15.1 Å². The Labute approximate surface area is 173 Å². The summed E-state index contributed by atoms with van der Waals surface area (Å²) in [6, 6.07) is 13.7. The van der Waals surface area contributed by atoms with Crippen molar-refractivity contribution in [2.75, 3.05) is 36.5 Å². The lowest BCUT2D eigenvalue weighted by molar-refractivity contribution is 0.122. The molecular formula is C21H20N8O. The summed E-state index contributed by atoms with van der Waals surface area (Å²) >= 11 is 0. The van der Waals surface area contributed by atoms with Gasteiger partial charge in [0.2, 0.25) is 5.95 Å². The van der Waals surface area contributed by atoms with Crippen molar-refractivity contribution in [3.05, 3.63) is 66.7 Å². The van der Waals surface area contributed by atoms with Crippen LogP contribution >= 0.6 is 0 Å². The number of anilines is 3. The van der Waals surface area contributed by atoms with Crippen molar-refractivity contribution >= 4 is 34.8 Å². The second-order valence-electron chi connectivity index (χ2n) is 6.75. The molecule has 0 atom stereocenters. The highest BCUT2D eigenvalue weighted by atomic mass is 16.5. The fraction of sp³-hybridized carbons (Fsp3) is 0.190. The van der Waals surface area contributed by atoms with E-state index in [-0.39, 0.29) is 0 Å². The lowest BCUT2D eigenvalue weighted by Crippen LogP contribution is -2.37. The van der Waals surface area contributed by atoms with Crippen molar-refractivity contribution in [1.82, 2.24) is 24.6 Å². The van der Waals surface area contributed by atoms with Crippen LogP contribution in [0.1, 0.15) is 5.56 Å². The molecule has 4 heterocycles. The summed E-state index contributed by atoms with van der Waals surface area (Å²) < 4.78 is 7.14. The summed E-state index contributed by atoms with van der Waals surface area (Å²) in [6.07, 6.45) is 6.89. The van der Waals surface area contributed by atoms with E-state index in [1.165, 1.54) is 0 Å². The van der Waals surface area contributed by atoms with E-state index in [0.29, 0.717) is 36.1 Å². The zero-order chi connectivity index (χ0) is 20.2. The molecule has 1 aromatic carbocycles. The summed E-state index contributed by atoms with van der Waals surface area (Å²) in [5.41, 5.74) is 3.15. The van der Waals surface area contributed by atoms with Gasteiger partial charge in [0.1, 0.15) is 6.33 Å². The van der Waals surface area contributed by atoms with Gasteiger partial charge in [0.25, 0.3) is 0 Å². The number of fused-ring (bicyclic) bond motifs is 1. The maximum absolute atomic E-state index is 5.47. The van der Waals surface area contributed by atoms with E-state index < -0.39 is 0 Å². The first-order valence-electron chi connectivity index (χ1n) is 9.71. The van der Waals surface area contributed by atoms with Gasteiger partial charge in [-0.3, -0.25) is 4.98 Å². The Hall–Kier alpha value is -3.85. The van der Waals surface area contributed by atoms with Gasteiger partial charge in [-0.15, -0.1) is 0 Å². The van der Waals surface area contributed by atoms with Gasteiger partial charge in [-0.05, 0) is 17.7 Å². The van der Waals surface area contributed by atoms with Crippen molar-refractivity contribution in [1.29, 1.82) is 0 Å². The average Bonchev–Trinajstić information content (AvgIpc) is 3.23. The topological polar surface area (TPSA) is 93.4 Å². The molecule has 3 aromatic heterocycles. The summed E-state index contributed by atoms with van der Waals surface area (Å²) in [4.78, 5) is 20.2. The first-order chi connectivity index (χ1) is 14.9. The minimum absolute atomic E-state index is 0.624. The Morgan fingerprint density at radius 1 is 1.00 bits per heavy atom. The number of pyridine rings is 1. The predicted octanol–water partition coefficient (Wildman–Crippen LogP) is 2.68. The lowest BCUT2D eigenvalue weighted by Gasteiger charge is -2.27. The molecule has 1 aliphatic heterocycles. The number of ether oxygens (including phenoxy) is 1. The average molecular weight is 400 g/mol. The molecule has 1 saturated heterocycles. The fourth-order valence-corrected chi connectivity index (χ4v) is 3.19. The highest BCUT2D eigenvalue weighted by molar-refractivity contribution is 5.87. The first-order valence-corrected chi connectivity index (χ1v) is 9.71. The minimum atomic E-state index is 0.624. The standard InChI is InChI=1S/C21H20N8O/c1-2-4-16(5-3-1)14-24-29-15-23-18-19(25-17-6-8-22-9-7-17)26-21(27-20(18)29)28-10-12-30-13-11-28/h1-9,14-15H,10-13H2,(H,22,25,26,27). The van der Waals surface area contributed by atoms with Crippen LogP contribution in [0.5, 0.6) is 0 Å². The Balaban J connectivity index is 1.57. The van der Waals surface area contributed by atoms with Crippen LogP contribution in [0, 0.1) is 0 Å². The van der Waals surface area contributed by atoms with Gasteiger partial charge < -0.3 is 15.0 Å². The van der Waals surface area contributed by atoms with E-state index in [4.69, 9.17) is 14.7 Å². The molecule has 0 aliphatic carbocycles. The normalized spacial score (nSPS) is 14.5. The number of aromatic nitrogens is 5. The van der Waals surface area contributed by atoms with E-state index in [9.17, 15) is 0 Å². The molecule has 9 heteroatoms. The maximum Gasteiger partial charge on any atom is 0.229 e. The van der Waals surface area contributed by atoms with E-state index in [1.54, 1.807) is 29.6 Å². The molecular weight excluding hydrogens is 380 g/mol. The van der Waals surface area contributed by atoms with E-state index in [1.807, 2.05) is 42.5 Å². The molecule has 0 unspecified atom stereocenters. The second kappa shape index (κ2) is 8.26. The molecule has 1 N–H and O–H groups in total. The third-order valence-electron chi connectivity index (χ3n) is 4.73. The van der Waals surface area contributed by atoms with Crippen LogP contribution in [0.3, 0.4) is 0 Å². The Bertz CT molecular complexity index is 1150. The van der Waals surface area contributed by atoms with Crippen LogP contribution in [-0.2, 0) is 4.74 Å². The van der Waals surface area contributed by atoms with Gasteiger partial charge in [0.15, 0.2) is 17.0 Å². The van der Waals surface area contributed by atoms with Crippen LogP contribution in [0.25, 0.3) is 11.2 Å². The molecule has 4 aromatic rings. The molecule has 30 heavy (non-hydrogen) atoms. The third kappa shape index (κ3) is 3.83. The fourth-order valence-electron chi connectivity index (χ4n) is 3.19. The van der Waals surface area contributed by atoms with Crippen LogP contribution in [0.15, 0.2) is 66.3 Å². The van der Waals surface area contributed by atoms with E-state index in [0.717, 1.165) is 24.3 Å².